The first-order chi connectivity index (χ1) is 13.7. The second kappa shape index (κ2) is 7.75. The highest BCUT2D eigenvalue weighted by molar-refractivity contribution is 6.07. The van der Waals surface area contributed by atoms with E-state index in [1.807, 2.05) is 34.6 Å². The van der Waals surface area contributed by atoms with Crippen LogP contribution in [0.15, 0.2) is 42.9 Å². The number of carbonyl (C=O) groups is 2. The van der Waals surface area contributed by atoms with Gasteiger partial charge in [-0.1, -0.05) is 30.3 Å². The summed E-state index contributed by atoms with van der Waals surface area (Å²) in [7, 11) is 0. The van der Waals surface area contributed by atoms with Crippen LogP contribution in [0, 0.1) is 0 Å². The van der Waals surface area contributed by atoms with Gasteiger partial charge in [-0.15, -0.1) is 0 Å². The number of urea groups is 1. The topological polar surface area (TPSA) is 70.5 Å². The number of benzene rings is 1. The maximum absolute atomic E-state index is 13.4. The molecule has 2 saturated heterocycles. The third-order valence-electron chi connectivity index (χ3n) is 5.98. The minimum atomic E-state index is -0.714. The molecular formula is C21H27N5O2. The monoisotopic (exact) mass is 381 g/mol. The summed E-state index contributed by atoms with van der Waals surface area (Å²) in [5, 5.41) is 3.32. The number of aryl methyl sites for hydroxylation is 1. The lowest BCUT2D eigenvalue weighted by Crippen LogP contribution is -2.56. The number of amides is 3. The number of aromatic nitrogens is 2. The predicted octanol–water partition coefficient (Wildman–Crippen LogP) is 2.03. The van der Waals surface area contributed by atoms with Crippen LogP contribution in [-0.4, -0.2) is 56.5 Å². The van der Waals surface area contributed by atoms with Gasteiger partial charge in [0.15, 0.2) is 0 Å². The molecule has 28 heavy (non-hydrogen) atoms. The van der Waals surface area contributed by atoms with Crippen molar-refractivity contribution in [3.8, 4) is 0 Å². The average molecular weight is 381 g/mol. The molecule has 1 N–H and O–H groups in total. The zero-order valence-electron chi connectivity index (χ0n) is 16.3. The van der Waals surface area contributed by atoms with Gasteiger partial charge in [-0.05, 0) is 44.8 Å². The van der Waals surface area contributed by atoms with Gasteiger partial charge in [0.05, 0.1) is 18.6 Å². The van der Waals surface area contributed by atoms with E-state index in [1.165, 1.54) is 10.5 Å². The van der Waals surface area contributed by atoms with Gasteiger partial charge < -0.3 is 14.8 Å². The molecule has 0 atom stereocenters. The molecule has 0 aliphatic carbocycles. The first-order valence-corrected chi connectivity index (χ1v) is 10.0. The Bertz CT molecular complexity index is 841. The van der Waals surface area contributed by atoms with Gasteiger partial charge in [0.1, 0.15) is 5.54 Å². The van der Waals surface area contributed by atoms with E-state index in [1.54, 1.807) is 12.5 Å². The van der Waals surface area contributed by atoms with E-state index in [-0.39, 0.29) is 18.5 Å². The molecule has 148 valence electrons. The number of imidazole rings is 1. The minimum absolute atomic E-state index is 0.0593. The molecule has 1 spiro atoms. The third kappa shape index (κ3) is 3.20. The van der Waals surface area contributed by atoms with Crippen molar-refractivity contribution in [2.45, 2.75) is 44.8 Å². The van der Waals surface area contributed by atoms with E-state index in [0.29, 0.717) is 19.4 Å². The standard InChI is InChI=1S/C21H27N5O2/c1-2-24-16-23-14-18(24)15-25-19(27)21(9-11-22-12-10-21)26(20(25)28)13-8-17-6-4-3-5-7-17/h3-7,14,16,22H,2,8-13,15H2,1H3. The van der Waals surface area contributed by atoms with Crippen LogP contribution in [0.5, 0.6) is 0 Å². The molecule has 0 unspecified atom stereocenters. The summed E-state index contributed by atoms with van der Waals surface area (Å²) >= 11 is 0. The van der Waals surface area contributed by atoms with Crippen molar-refractivity contribution in [3.63, 3.8) is 0 Å². The highest BCUT2D eigenvalue weighted by atomic mass is 16.2. The third-order valence-corrected chi connectivity index (χ3v) is 5.98. The Hall–Kier alpha value is -2.67. The summed E-state index contributed by atoms with van der Waals surface area (Å²) in [4.78, 5) is 34.2. The van der Waals surface area contributed by atoms with Crippen molar-refractivity contribution in [1.29, 1.82) is 0 Å². The Morgan fingerprint density at radius 2 is 1.89 bits per heavy atom. The largest absolute Gasteiger partial charge is 0.333 e. The number of hydrogen-bond donors (Lipinski definition) is 1. The summed E-state index contributed by atoms with van der Waals surface area (Å²) < 4.78 is 1.97. The molecule has 7 nitrogen and oxygen atoms in total. The van der Waals surface area contributed by atoms with Crippen molar-refractivity contribution in [2.24, 2.45) is 0 Å². The van der Waals surface area contributed by atoms with Crippen molar-refractivity contribution in [1.82, 2.24) is 24.7 Å². The lowest BCUT2D eigenvalue weighted by atomic mass is 9.86. The van der Waals surface area contributed by atoms with Gasteiger partial charge in [0, 0.05) is 19.3 Å². The molecule has 2 aliphatic heterocycles. The van der Waals surface area contributed by atoms with Crippen LogP contribution in [0.3, 0.4) is 0 Å². The fraction of sp³-hybridized carbons (Fsp3) is 0.476. The van der Waals surface area contributed by atoms with Gasteiger partial charge in [-0.2, -0.15) is 0 Å². The Balaban J connectivity index is 1.59. The smallest absolute Gasteiger partial charge is 0.328 e. The molecule has 0 radical (unpaired) electrons. The van der Waals surface area contributed by atoms with E-state index < -0.39 is 5.54 Å². The molecule has 7 heteroatoms. The number of nitrogens with zero attached hydrogens (tertiary/aromatic N) is 4. The van der Waals surface area contributed by atoms with E-state index in [4.69, 9.17) is 0 Å². The molecule has 0 saturated carbocycles. The van der Waals surface area contributed by atoms with E-state index in [9.17, 15) is 9.59 Å². The van der Waals surface area contributed by atoms with Crippen molar-refractivity contribution in [3.05, 3.63) is 54.1 Å². The number of nitrogens with one attached hydrogen (secondary N) is 1. The maximum atomic E-state index is 13.4. The van der Waals surface area contributed by atoms with Crippen LogP contribution in [0.4, 0.5) is 4.79 Å². The molecule has 2 fully saturated rings. The van der Waals surface area contributed by atoms with Crippen LogP contribution < -0.4 is 5.32 Å². The molecule has 3 heterocycles. The van der Waals surface area contributed by atoms with E-state index in [2.05, 4.69) is 22.4 Å². The van der Waals surface area contributed by atoms with Crippen molar-refractivity contribution < 1.29 is 9.59 Å². The first kappa shape index (κ1) is 18.7. The Morgan fingerprint density at radius 3 is 2.61 bits per heavy atom. The molecular weight excluding hydrogens is 354 g/mol. The minimum Gasteiger partial charge on any atom is -0.333 e. The number of imide groups is 1. The van der Waals surface area contributed by atoms with Crippen molar-refractivity contribution in [2.75, 3.05) is 19.6 Å². The van der Waals surface area contributed by atoms with E-state index in [0.717, 1.165) is 31.7 Å². The summed E-state index contributed by atoms with van der Waals surface area (Å²) in [5.74, 6) is -0.0593. The van der Waals surface area contributed by atoms with Crippen LogP contribution in [0.2, 0.25) is 0 Å². The Morgan fingerprint density at radius 1 is 1.14 bits per heavy atom. The molecule has 3 amide bonds. The van der Waals surface area contributed by atoms with Gasteiger partial charge >= 0.3 is 6.03 Å². The highest BCUT2D eigenvalue weighted by Gasteiger charge is 2.56. The summed E-state index contributed by atoms with van der Waals surface area (Å²) in [6, 6.07) is 9.95. The summed E-state index contributed by atoms with van der Waals surface area (Å²) in [6.07, 6.45) is 5.56. The van der Waals surface area contributed by atoms with Crippen LogP contribution in [0.25, 0.3) is 0 Å². The highest BCUT2D eigenvalue weighted by Crippen LogP contribution is 2.36. The molecule has 2 aliphatic rings. The zero-order chi connectivity index (χ0) is 19.6. The molecule has 0 bridgehead atoms. The van der Waals surface area contributed by atoms with Gasteiger partial charge in [0.2, 0.25) is 0 Å². The molecule has 1 aromatic carbocycles. The Kier molecular flexibility index (Phi) is 5.17. The van der Waals surface area contributed by atoms with Crippen LogP contribution in [-0.2, 0) is 24.3 Å². The fourth-order valence-corrected chi connectivity index (χ4v) is 4.37. The molecule has 1 aromatic heterocycles. The predicted molar refractivity (Wildman–Crippen MR) is 106 cm³/mol. The number of piperidine rings is 1. The zero-order valence-corrected chi connectivity index (χ0v) is 16.3. The van der Waals surface area contributed by atoms with Crippen molar-refractivity contribution >= 4 is 11.9 Å². The fourth-order valence-electron chi connectivity index (χ4n) is 4.37. The van der Waals surface area contributed by atoms with Crippen LogP contribution >= 0.6 is 0 Å². The summed E-state index contributed by atoms with van der Waals surface area (Å²) in [5.41, 5.74) is 1.35. The van der Waals surface area contributed by atoms with E-state index >= 15 is 0 Å². The molecule has 2 aromatic rings. The number of carbonyl (C=O) groups excluding carboxylic acids is 2. The second-order valence-electron chi connectivity index (χ2n) is 7.51. The number of hydrogen-bond acceptors (Lipinski definition) is 4. The lowest BCUT2D eigenvalue weighted by Gasteiger charge is -2.38. The quantitative estimate of drug-likeness (QED) is 0.778. The van der Waals surface area contributed by atoms with Crippen LogP contribution in [0.1, 0.15) is 31.0 Å². The molecule has 4 rings (SSSR count). The average Bonchev–Trinajstić information content (AvgIpc) is 3.26. The SMILES string of the molecule is CCn1cncc1CN1C(=O)N(CCc2ccccc2)C2(CCNCC2)C1=O. The second-order valence-corrected chi connectivity index (χ2v) is 7.51. The Labute approximate surface area is 165 Å². The first-order valence-electron chi connectivity index (χ1n) is 10.0. The summed E-state index contributed by atoms with van der Waals surface area (Å²) in [6.45, 7) is 5.13. The van der Waals surface area contributed by atoms with Gasteiger partial charge in [-0.25, -0.2) is 9.78 Å². The number of rotatable bonds is 6. The maximum Gasteiger partial charge on any atom is 0.328 e. The van der Waals surface area contributed by atoms with Gasteiger partial charge in [-0.3, -0.25) is 9.69 Å². The normalized spacial score (nSPS) is 19.0. The lowest BCUT2D eigenvalue weighted by molar-refractivity contribution is -0.135. The van der Waals surface area contributed by atoms with Gasteiger partial charge in [0.25, 0.3) is 5.91 Å².